The van der Waals surface area contributed by atoms with Crippen molar-refractivity contribution in [3.8, 4) is 23.0 Å². The van der Waals surface area contributed by atoms with Crippen LogP contribution in [0.4, 0.5) is 23.4 Å². The number of ketones is 1. The molecule has 14 aromatic rings. The monoisotopic (exact) mass is 1560 g/mol. The van der Waals surface area contributed by atoms with Crippen LogP contribution >= 0.6 is 0 Å². The maximum atomic E-state index is 13.9. The molecule has 0 aromatic carbocycles. The quantitative estimate of drug-likeness (QED) is 0.0135. The van der Waals surface area contributed by atoms with E-state index in [1.165, 1.54) is 68.4 Å². The summed E-state index contributed by atoms with van der Waals surface area (Å²) in [5.41, 5.74) is 9.84. The number of aromatic nitrogens is 26. The molecule has 8 N–H and O–H groups in total. The number of fused-ring (bicyclic) bond motifs is 5. The number of nitrogens with one attached hydrogen (secondary N) is 4. The second-order valence-corrected chi connectivity index (χ2v) is 25.7. The summed E-state index contributed by atoms with van der Waals surface area (Å²) >= 11 is 0. The highest BCUT2D eigenvalue weighted by Gasteiger charge is 2.43. The van der Waals surface area contributed by atoms with Gasteiger partial charge in [0, 0.05) is 56.1 Å². The molecule has 14 aromatic heterocycles. The number of rotatable bonds is 18. The van der Waals surface area contributed by atoms with E-state index in [-0.39, 0.29) is 78.9 Å². The van der Waals surface area contributed by atoms with Crippen molar-refractivity contribution in [3.05, 3.63) is 203 Å². The zero-order valence-electron chi connectivity index (χ0n) is 61.6. The van der Waals surface area contributed by atoms with Gasteiger partial charge in [-0.3, -0.25) is 29.4 Å². The molecular weight excluding hydrogens is 1490 g/mol. The van der Waals surface area contributed by atoms with Crippen molar-refractivity contribution >= 4 is 91.1 Å². The lowest BCUT2D eigenvalue weighted by molar-refractivity contribution is -0.164. The summed E-state index contributed by atoms with van der Waals surface area (Å²) in [4.78, 5) is 126. The van der Waals surface area contributed by atoms with Crippen LogP contribution < -0.4 is 22.3 Å². The molecule has 582 valence electrons. The average Bonchev–Trinajstić information content (AvgIpc) is 1.65. The van der Waals surface area contributed by atoms with Crippen molar-refractivity contribution in [2.75, 3.05) is 33.2 Å². The molecule has 15 rings (SSSR count). The highest BCUT2D eigenvalue weighted by molar-refractivity contribution is 6.39. The Morgan fingerprint density at radius 1 is 0.518 bits per heavy atom. The maximum absolute atomic E-state index is 13.9. The highest BCUT2D eigenvalue weighted by Crippen LogP contribution is 2.36. The van der Waals surface area contributed by atoms with Crippen LogP contribution in [-0.4, -0.2) is 198 Å². The maximum Gasteiger partial charge on any atom is 0.375 e. The van der Waals surface area contributed by atoms with Gasteiger partial charge in [0.1, 0.15) is 124 Å². The minimum absolute atomic E-state index is 0.000420. The Labute approximate surface area is 638 Å². The summed E-state index contributed by atoms with van der Waals surface area (Å²) in [6, 6.07) is 11.9. The molecule has 0 bridgehead atoms. The van der Waals surface area contributed by atoms with Crippen molar-refractivity contribution < 1.29 is 55.7 Å². The number of carbonyl (C=O) groups is 5. The van der Waals surface area contributed by atoms with Gasteiger partial charge in [0.25, 0.3) is 11.3 Å². The summed E-state index contributed by atoms with van der Waals surface area (Å²) in [7, 11) is 3.44. The lowest BCUT2D eigenvalue weighted by Crippen LogP contribution is -2.39. The van der Waals surface area contributed by atoms with Crippen molar-refractivity contribution in [3.63, 3.8) is 0 Å². The standard InChI is InChI=1S/C19H17FN8O3.C18H14FN9O.C13H12FN7.C12H10FN7.C8H12O5/c1-19(2,18(30)31-3)14-17(29)24-15(26-25-14)13-11-7-10(20)8-23-16(11)28(27-13)9-12-21-5-4-6-22-12;1-18(2)13-15(24-17(18)29)23-14(26-25-13)12-10-6-9(19)7-22-16(10)28(27-12)8-11-20-4-3-5-21-11;14-8-4-9-12(10(16)5-15)20-21(13(9)19-6-8)7-11-17-2-1-3-18-11;13-7-4-8-10(11(14)15)19-20(12(8)18-5-7)6-9-16-2-1-3-17-9;1-8(2,7(11)13-4)5(9)6(10)12-3/h4-8H,9H2,1-3H3,(H,24,26,29);3-7H,8H2,1-2H3,(H,23,24,26,29);1-4,6,16H,5,7,15H2;1-5H,6H2,(H3,14,15);1-4H3. The van der Waals surface area contributed by atoms with E-state index in [1.807, 2.05) is 0 Å². The number of esters is 3. The van der Waals surface area contributed by atoms with Crippen LogP contribution in [0.25, 0.3) is 67.2 Å². The molecule has 0 spiro atoms. The van der Waals surface area contributed by atoms with E-state index in [1.54, 1.807) is 97.1 Å². The molecule has 0 fully saturated rings. The fourth-order valence-corrected chi connectivity index (χ4v) is 10.8. The number of H-pyrrole nitrogens is 1. The van der Waals surface area contributed by atoms with Crippen LogP contribution in [0, 0.1) is 39.5 Å². The molecule has 114 heavy (non-hydrogen) atoms. The molecule has 0 unspecified atom stereocenters. The first-order valence-corrected chi connectivity index (χ1v) is 33.5. The van der Waals surface area contributed by atoms with E-state index in [0.29, 0.717) is 90.3 Å². The fourth-order valence-electron chi connectivity index (χ4n) is 10.8. The Hall–Kier alpha value is -15.0. The second-order valence-electron chi connectivity index (χ2n) is 25.7. The van der Waals surface area contributed by atoms with E-state index in [4.69, 9.17) is 27.0 Å². The van der Waals surface area contributed by atoms with Gasteiger partial charge in [0.15, 0.2) is 34.2 Å². The first-order chi connectivity index (χ1) is 54.4. The van der Waals surface area contributed by atoms with Gasteiger partial charge >= 0.3 is 17.9 Å². The lowest BCUT2D eigenvalue weighted by Gasteiger charge is -2.18. The van der Waals surface area contributed by atoms with Crippen molar-refractivity contribution in [2.24, 2.45) is 16.9 Å². The molecule has 1 aliphatic heterocycles. The topological polar surface area (TPSA) is 548 Å². The van der Waals surface area contributed by atoms with Gasteiger partial charge in [-0.15, -0.1) is 20.4 Å². The van der Waals surface area contributed by atoms with Gasteiger partial charge < -0.3 is 41.4 Å². The van der Waals surface area contributed by atoms with E-state index in [2.05, 4.69) is 125 Å². The van der Waals surface area contributed by atoms with Crippen LogP contribution in [0.2, 0.25) is 0 Å². The van der Waals surface area contributed by atoms with Crippen LogP contribution in [0.1, 0.15) is 87.6 Å². The number of ether oxygens (including phenoxy) is 3. The van der Waals surface area contributed by atoms with E-state index >= 15 is 0 Å². The smallest absolute Gasteiger partial charge is 0.375 e. The number of hydrogen-bond acceptors (Lipinski definition) is 33. The predicted octanol–water partition coefficient (Wildman–Crippen LogP) is 3.85. The Morgan fingerprint density at radius 2 is 0.912 bits per heavy atom. The van der Waals surface area contributed by atoms with E-state index in [9.17, 15) is 46.3 Å². The lowest BCUT2D eigenvalue weighted by atomic mass is 9.88. The predicted molar refractivity (Wildman–Crippen MR) is 391 cm³/mol. The van der Waals surface area contributed by atoms with E-state index in [0.717, 1.165) is 39.0 Å². The molecule has 1 amide bonds. The number of anilines is 1. The number of Topliss-reactive ketones (excluding diaryl/α,β-unsaturated/α-hetero) is 1. The number of carbonyl (C=O) groups excluding carboxylic acids is 5. The molecule has 40 nitrogen and oxygen atoms in total. The fraction of sp³-hybridized carbons (Fsp3) is 0.243. The van der Waals surface area contributed by atoms with Crippen LogP contribution in [0.3, 0.4) is 0 Å². The SMILES string of the molecule is CC1(C)C(=O)Nc2nc(-c3nn(Cc4ncccn4)c4ncc(F)cc34)nnc21.COC(=O)C(=O)C(C)(C)C(=O)OC.COC(=O)C(C)(C)c1nnc(-c2nn(Cc3ncccn3)c3ncc(F)cc23)[nH]c1=O.N=C(CN)c1nn(Cc2ncccn2)c2ncc(F)cc12.N=C(N)c1nn(Cc2ncccn2)c2ncc(F)cc12. The largest absolute Gasteiger partial charge is 0.468 e. The summed E-state index contributed by atoms with van der Waals surface area (Å²) < 4.78 is 73.9. The Bertz CT molecular complexity index is 6050. The van der Waals surface area contributed by atoms with Crippen LogP contribution in [0.5, 0.6) is 0 Å². The summed E-state index contributed by atoms with van der Waals surface area (Å²) in [6.07, 6.45) is 17.3. The van der Waals surface area contributed by atoms with Gasteiger partial charge in [-0.05, 0) is 90.1 Å². The zero-order chi connectivity index (χ0) is 81.9. The molecule has 0 atom stereocenters. The Balaban J connectivity index is 0.000000144. The average molecular weight is 1560 g/mol. The van der Waals surface area contributed by atoms with Gasteiger partial charge in [0.2, 0.25) is 11.7 Å². The van der Waals surface area contributed by atoms with Crippen molar-refractivity contribution in [2.45, 2.75) is 78.6 Å². The summed E-state index contributed by atoms with van der Waals surface area (Å²) in [6.45, 7) is 10.1. The number of nitrogens with zero attached hydrogens (tertiary/aromatic N) is 25. The third-order valence-electron chi connectivity index (χ3n) is 16.7. The number of nitrogens with two attached hydrogens (primary N) is 2. The van der Waals surface area contributed by atoms with Gasteiger partial charge in [-0.2, -0.15) is 20.4 Å². The number of methoxy groups -OCH3 is 3. The first kappa shape index (κ1) is 80.0. The van der Waals surface area contributed by atoms with Crippen molar-refractivity contribution in [1.82, 2.24) is 129 Å². The Kier molecular flexibility index (Phi) is 23.8. The van der Waals surface area contributed by atoms with Gasteiger partial charge in [-0.25, -0.2) is 106 Å². The number of aromatic amines is 1. The molecule has 0 saturated heterocycles. The van der Waals surface area contributed by atoms with Crippen LogP contribution in [-0.2, 0) is 75.2 Å². The number of halogens is 4. The minimum Gasteiger partial charge on any atom is -0.468 e. The van der Waals surface area contributed by atoms with Gasteiger partial charge in [0.05, 0.1) is 78.8 Å². The normalized spacial score (nSPS) is 12.0. The molecule has 1 aliphatic rings. The number of amides is 1. The highest BCUT2D eigenvalue weighted by atomic mass is 19.1. The molecule has 0 saturated carbocycles. The Morgan fingerprint density at radius 3 is 1.32 bits per heavy atom. The van der Waals surface area contributed by atoms with Gasteiger partial charge in [-0.1, -0.05) is 0 Å². The third-order valence-corrected chi connectivity index (χ3v) is 16.7. The third kappa shape index (κ3) is 17.3. The molecular formula is C70H65F4N31O9. The summed E-state index contributed by atoms with van der Waals surface area (Å²) in [5.74, 6) is -3.32. The molecule has 15 heterocycles. The number of amidine groups is 1. The molecule has 0 aliphatic carbocycles. The molecule has 0 radical (unpaired) electrons. The first-order valence-electron chi connectivity index (χ1n) is 33.5. The molecule has 44 heteroatoms. The number of nitrogen functional groups attached to an aromatic ring is 1. The second kappa shape index (κ2) is 33.9. The zero-order valence-corrected chi connectivity index (χ0v) is 61.6. The van der Waals surface area contributed by atoms with E-state index < -0.39 is 68.8 Å². The number of pyridine rings is 4. The van der Waals surface area contributed by atoms with Crippen molar-refractivity contribution in [1.29, 1.82) is 10.8 Å². The number of hydrogen-bond donors (Lipinski definition) is 6. The van der Waals surface area contributed by atoms with Crippen LogP contribution in [0.15, 0.2) is 128 Å². The summed E-state index contributed by atoms with van der Waals surface area (Å²) in [5, 5.41) is 53.3. The minimum atomic E-state index is -1.48.